The van der Waals surface area contributed by atoms with Crippen molar-refractivity contribution in [2.24, 2.45) is 0 Å². The van der Waals surface area contributed by atoms with Crippen LogP contribution >= 0.6 is 0 Å². The van der Waals surface area contributed by atoms with Crippen LogP contribution in [0, 0.1) is 0 Å². The van der Waals surface area contributed by atoms with Crippen molar-refractivity contribution < 1.29 is 9.53 Å². The van der Waals surface area contributed by atoms with Crippen molar-refractivity contribution in [3.8, 4) is 0 Å². The van der Waals surface area contributed by atoms with Crippen molar-refractivity contribution >= 4 is 11.7 Å². The topological polar surface area (TPSA) is 66.5 Å². The van der Waals surface area contributed by atoms with Crippen molar-refractivity contribution in [1.82, 2.24) is 15.6 Å². The zero-order valence-electron chi connectivity index (χ0n) is 11.9. The Bertz CT molecular complexity index is 433. The number of aromatic nitrogens is 1. The second kappa shape index (κ2) is 7.81. The molecule has 2 heterocycles. The maximum absolute atomic E-state index is 11.7. The minimum Gasteiger partial charge on any atom is -0.378 e. The molecule has 6 nitrogen and oxygen atoms in total. The van der Waals surface area contributed by atoms with Crippen LogP contribution in [0.25, 0.3) is 0 Å². The van der Waals surface area contributed by atoms with Gasteiger partial charge in [-0.25, -0.2) is 4.98 Å². The smallest absolute Gasteiger partial charge is 0.221 e. The van der Waals surface area contributed by atoms with Crippen molar-refractivity contribution in [2.45, 2.75) is 13.0 Å². The van der Waals surface area contributed by atoms with Crippen LogP contribution in [0.2, 0.25) is 0 Å². The Kier molecular flexibility index (Phi) is 5.76. The Balaban J connectivity index is 1.95. The van der Waals surface area contributed by atoms with Crippen molar-refractivity contribution in [3.63, 3.8) is 0 Å². The summed E-state index contributed by atoms with van der Waals surface area (Å²) in [5, 5.41) is 5.90. The Morgan fingerprint density at radius 3 is 3.00 bits per heavy atom. The second-order valence-electron chi connectivity index (χ2n) is 4.72. The molecule has 1 aromatic rings. The van der Waals surface area contributed by atoms with Gasteiger partial charge in [-0.1, -0.05) is 6.07 Å². The molecule has 0 radical (unpaired) electrons. The highest BCUT2D eigenvalue weighted by Crippen LogP contribution is 2.18. The second-order valence-corrected chi connectivity index (χ2v) is 4.72. The number of anilines is 1. The zero-order valence-corrected chi connectivity index (χ0v) is 11.9. The number of nitrogens with one attached hydrogen (secondary N) is 2. The fourth-order valence-corrected chi connectivity index (χ4v) is 2.15. The summed E-state index contributed by atoms with van der Waals surface area (Å²) >= 11 is 0. The van der Waals surface area contributed by atoms with E-state index in [0.29, 0.717) is 19.5 Å². The van der Waals surface area contributed by atoms with Crippen molar-refractivity contribution in [3.05, 3.63) is 23.9 Å². The Morgan fingerprint density at radius 2 is 2.25 bits per heavy atom. The van der Waals surface area contributed by atoms with Crippen LogP contribution in [-0.2, 0) is 16.1 Å². The predicted molar refractivity (Wildman–Crippen MR) is 77.7 cm³/mol. The SMILES string of the molecule is CNCCC(=O)NCc1cccnc1N1CCOCC1. The van der Waals surface area contributed by atoms with E-state index in [2.05, 4.69) is 20.5 Å². The fourth-order valence-electron chi connectivity index (χ4n) is 2.15. The third-order valence-corrected chi connectivity index (χ3v) is 3.26. The largest absolute Gasteiger partial charge is 0.378 e. The van der Waals surface area contributed by atoms with Gasteiger partial charge in [-0.05, 0) is 13.1 Å². The van der Waals surface area contributed by atoms with Gasteiger partial charge in [0.05, 0.1) is 13.2 Å². The lowest BCUT2D eigenvalue weighted by Gasteiger charge is -2.29. The number of hydrogen-bond donors (Lipinski definition) is 2. The van der Waals surface area contributed by atoms with Crippen LogP contribution in [0.3, 0.4) is 0 Å². The number of pyridine rings is 1. The van der Waals surface area contributed by atoms with Gasteiger partial charge in [0.25, 0.3) is 0 Å². The molecule has 1 saturated heterocycles. The van der Waals surface area contributed by atoms with Gasteiger partial charge in [0, 0.05) is 44.4 Å². The Labute approximate surface area is 119 Å². The lowest BCUT2D eigenvalue weighted by atomic mass is 10.2. The summed E-state index contributed by atoms with van der Waals surface area (Å²) in [6.07, 6.45) is 2.28. The summed E-state index contributed by atoms with van der Waals surface area (Å²) in [7, 11) is 1.84. The van der Waals surface area contributed by atoms with Gasteiger partial charge >= 0.3 is 0 Å². The summed E-state index contributed by atoms with van der Waals surface area (Å²) < 4.78 is 5.36. The molecule has 0 saturated carbocycles. The van der Waals surface area contributed by atoms with E-state index in [1.54, 1.807) is 6.20 Å². The molecule has 20 heavy (non-hydrogen) atoms. The van der Waals surface area contributed by atoms with Crippen molar-refractivity contribution in [2.75, 3.05) is 44.8 Å². The quantitative estimate of drug-likeness (QED) is 0.775. The van der Waals surface area contributed by atoms with Crippen LogP contribution in [0.15, 0.2) is 18.3 Å². The number of amides is 1. The maximum Gasteiger partial charge on any atom is 0.221 e. The molecule has 1 aliphatic rings. The maximum atomic E-state index is 11.7. The summed E-state index contributed by atoms with van der Waals surface area (Å²) in [6.45, 7) is 4.35. The number of nitrogens with zero attached hydrogens (tertiary/aromatic N) is 2. The van der Waals surface area contributed by atoms with E-state index in [1.807, 2.05) is 19.2 Å². The van der Waals surface area contributed by atoms with Gasteiger partial charge in [-0.2, -0.15) is 0 Å². The molecule has 2 rings (SSSR count). The number of carbonyl (C=O) groups is 1. The van der Waals surface area contributed by atoms with Crippen LogP contribution in [0.1, 0.15) is 12.0 Å². The third-order valence-electron chi connectivity index (χ3n) is 3.26. The molecule has 0 aromatic carbocycles. The van der Waals surface area contributed by atoms with Gasteiger partial charge in [0.15, 0.2) is 0 Å². The first-order valence-electron chi connectivity index (χ1n) is 6.99. The molecule has 1 fully saturated rings. The zero-order chi connectivity index (χ0) is 14.2. The molecule has 1 aliphatic heterocycles. The Morgan fingerprint density at radius 1 is 1.45 bits per heavy atom. The summed E-state index contributed by atoms with van der Waals surface area (Å²) in [5.74, 6) is 1.00. The van der Waals surface area contributed by atoms with E-state index >= 15 is 0 Å². The Hall–Kier alpha value is -1.66. The highest BCUT2D eigenvalue weighted by atomic mass is 16.5. The molecule has 0 aliphatic carbocycles. The molecule has 110 valence electrons. The van der Waals surface area contributed by atoms with E-state index < -0.39 is 0 Å². The van der Waals surface area contributed by atoms with E-state index in [1.165, 1.54) is 0 Å². The van der Waals surface area contributed by atoms with E-state index in [0.717, 1.165) is 37.7 Å². The third kappa shape index (κ3) is 4.18. The van der Waals surface area contributed by atoms with Gasteiger partial charge in [-0.3, -0.25) is 4.79 Å². The first-order valence-corrected chi connectivity index (χ1v) is 6.99. The van der Waals surface area contributed by atoms with Crippen LogP contribution < -0.4 is 15.5 Å². The molecule has 0 bridgehead atoms. The normalized spacial score (nSPS) is 15.2. The van der Waals surface area contributed by atoms with Crippen LogP contribution in [0.4, 0.5) is 5.82 Å². The first kappa shape index (κ1) is 14.7. The van der Waals surface area contributed by atoms with Crippen LogP contribution in [-0.4, -0.2) is 50.8 Å². The van der Waals surface area contributed by atoms with E-state index in [-0.39, 0.29) is 5.91 Å². The molecule has 0 spiro atoms. The fraction of sp³-hybridized carbons (Fsp3) is 0.571. The minimum atomic E-state index is 0.0520. The van der Waals surface area contributed by atoms with Gasteiger partial charge < -0.3 is 20.3 Å². The highest BCUT2D eigenvalue weighted by molar-refractivity contribution is 5.76. The standard InChI is InChI=1S/C14H22N4O2/c1-15-6-4-13(19)17-11-12-3-2-5-16-14(12)18-7-9-20-10-8-18/h2-3,5,15H,4,6-11H2,1H3,(H,17,19). The van der Waals surface area contributed by atoms with E-state index in [4.69, 9.17) is 4.74 Å². The summed E-state index contributed by atoms with van der Waals surface area (Å²) in [4.78, 5) is 18.3. The lowest BCUT2D eigenvalue weighted by molar-refractivity contribution is -0.121. The number of hydrogen-bond acceptors (Lipinski definition) is 5. The summed E-state index contributed by atoms with van der Waals surface area (Å²) in [5.41, 5.74) is 1.05. The van der Waals surface area contributed by atoms with E-state index in [9.17, 15) is 4.79 Å². The number of carbonyl (C=O) groups excluding carboxylic acids is 1. The predicted octanol–water partition coefficient (Wildman–Crippen LogP) is 0.144. The molecule has 0 unspecified atom stereocenters. The summed E-state index contributed by atoms with van der Waals surface area (Å²) in [6, 6.07) is 3.91. The van der Waals surface area contributed by atoms with Gasteiger partial charge in [0.2, 0.25) is 5.91 Å². The molecule has 2 N–H and O–H groups in total. The molecule has 1 aromatic heterocycles. The monoisotopic (exact) mass is 278 g/mol. The molecule has 1 amide bonds. The first-order chi connectivity index (χ1) is 9.81. The lowest BCUT2D eigenvalue weighted by Crippen LogP contribution is -2.38. The number of rotatable bonds is 6. The van der Waals surface area contributed by atoms with Gasteiger partial charge in [0.1, 0.15) is 5.82 Å². The average Bonchev–Trinajstić information content (AvgIpc) is 2.52. The van der Waals surface area contributed by atoms with Crippen molar-refractivity contribution in [1.29, 1.82) is 0 Å². The highest BCUT2D eigenvalue weighted by Gasteiger charge is 2.15. The molecular formula is C14H22N4O2. The number of morpholine rings is 1. The molecule has 6 heteroatoms. The minimum absolute atomic E-state index is 0.0520. The molecular weight excluding hydrogens is 256 g/mol. The van der Waals surface area contributed by atoms with Crippen LogP contribution in [0.5, 0.6) is 0 Å². The molecule has 0 atom stereocenters. The van der Waals surface area contributed by atoms with Gasteiger partial charge in [-0.15, -0.1) is 0 Å². The number of ether oxygens (including phenoxy) is 1. The average molecular weight is 278 g/mol.